The maximum Gasteiger partial charge on any atom is 0.280 e. The molecule has 0 aliphatic carbocycles. The lowest BCUT2D eigenvalue weighted by atomic mass is 10.1. The molecule has 0 bridgehead atoms. The first-order valence-electron chi connectivity index (χ1n) is 11.7. The Labute approximate surface area is 213 Å². The van der Waals surface area contributed by atoms with Crippen molar-refractivity contribution < 1.29 is 17.6 Å². The van der Waals surface area contributed by atoms with Gasteiger partial charge in [-0.15, -0.1) is 0 Å². The Morgan fingerprint density at radius 3 is 2.72 bits per heavy atom. The maximum atomic E-state index is 13.6. The fourth-order valence-electron chi connectivity index (χ4n) is 4.23. The molecule has 36 heavy (non-hydrogen) atoms. The molecule has 0 spiro atoms. The number of carbonyl (C=O) groups is 1. The van der Waals surface area contributed by atoms with Crippen molar-refractivity contribution >= 4 is 48.8 Å². The van der Waals surface area contributed by atoms with Crippen LogP contribution in [0.15, 0.2) is 75.3 Å². The van der Waals surface area contributed by atoms with Gasteiger partial charge in [-0.05, 0) is 80.8 Å². The Kier molecular flexibility index (Phi) is 6.74. The molecule has 3 heterocycles. The molecule has 0 radical (unpaired) electrons. The van der Waals surface area contributed by atoms with E-state index in [1.165, 1.54) is 53.1 Å². The number of nitrogens with zero attached hydrogens (tertiary/aromatic N) is 4. The maximum absolute atomic E-state index is 13.6. The number of benzene rings is 2. The number of thiazole rings is 1. The van der Waals surface area contributed by atoms with Gasteiger partial charge in [-0.2, -0.15) is 14.4 Å². The lowest BCUT2D eigenvalue weighted by Crippen LogP contribution is -2.41. The van der Waals surface area contributed by atoms with Crippen LogP contribution in [0, 0.1) is 6.92 Å². The number of aromatic nitrogens is 1. The summed E-state index contributed by atoms with van der Waals surface area (Å²) in [5.74, 6) is 0.0609. The normalized spacial score (nSPS) is 17.1. The summed E-state index contributed by atoms with van der Waals surface area (Å²) in [6, 6.07) is 15.3. The minimum atomic E-state index is -3.63. The first-order chi connectivity index (χ1) is 17.3. The van der Waals surface area contributed by atoms with Crippen LogP contribution in [0.25, 0.3) is 10.2 Å². The number of fused-ring (bicyclic) bond motifs is 1. The summed E-state index contributed by atoms with van der Waals surface area (Å²) in [5, 5.41) is 6.00. The molecule has 0 saturated carbocycles. The van der Waals surface area contributed by atoms with Gasteiger partial charge >= 0.3 is 0 Å². The van der Waals surface area contributed by atoms with Crippen molar-refractivity contribution in [2.24, 2.45) is 5.10 Å². The molecular formula is C26H26N4O4S2. The quantitative estimate of drug-likeness (QED) is 0.248. The molecule has 186 valence electrons. The van der Waals surface area contributed by atoms with Crippen LogP contribution in [0.3, 0.4) is 0 Å². The Bertz CT molecular complexity index is 1510. The van der Waals surface area contributed by atoms with E-state index in [0.29, 0.717) is 23.0 Å². The van der Waals surface area contributed by atoms with Gasteiger partial charge in [0.1, 0.15) is 5.76 Å². The SMILES string of the molecule is Cc1ccc2nc(N(/N=C/c3ccco3)C(=O)c3ccc(S(=O)(=O)N4CCCCC4C)cc3)sc2c1. The van der Waals surface area contributed by atoms with Crippen LogP contribution >= 0.6 is 11.3 Å². The van der Waals surface area contributed by atoms with Gasteiger partial charge in [0.05, 0.1) is 27.6 Å². The van der Waals surface area contributed by atoms with Crippen molar-refractivity contribution in [1.29, 1.82) is 0 Å². The molecule has 10 heteroatoms. The van der Waals surface area contributed by atoms with E-state index in [4.69, 9.17) is 4.42 Å². The van der Waals surface area contributed by atoms with E-state index in [1.54, 1.807) is 16.4 Å². The average Bonchev–Trinajstić information content (AvgIpc) is 3.54. The van der Waals surface area contributed by atoms with Gasteiger partial charge in [0, 0.05) is 18.2 Å². The first kappa shape index (κ1) is 24.4. The number of hydrazone groups is 1. The molecule has 2 aromatic carbocycles. The average molecular weight is 523 g/mol. The number of rotatable bonds is 6. The Hall–Kier alpha value is -3.34. The van der Waals surface area contributed by atoms with Crippen LogP contribution in [0.4, 0.5) is 5.13 Å². The van der Waals surface area contributed by atoms with E-state index < -0.39 is 15.9 Å². The minimum Gasteiger partial charge on any atom is -0.463 e. The Morgan fingerprint density at radius 1 is 1.19 bits per heavy atom. The van der Waals surface area contributed by atoms with Gasteiger partial charge in [-0.3, -0.25) is 4.79 Å². The van der Waals surface area contributed by atoms with Crippen molar-refractivity contribution in [3.63, 3.8) is 0 Å². The third-order valence-corrected chi connectivity index (χ3v) is 9.22. The lowest BCUT2D eigenvalue weighted by molar-refractivity contribution is 0.0987. The number of amides is 1. The van der Waals surface area contributed by atoms with Gasteiger partial charge in [-0.1, -0.05) is 23.8 Å². The van der Waals surface area contributed by atoms with Crippen LogP contribution in [-0.2, 0) is 10.0 Å². The van der Waals surface area contributed by atoms with E-state index in [9.17, 15) is 13.2 Å². The molecule has 1 aliphatic heterocycles. The smallest absolute Gasteiger partial charge is 0.280 e. The van der Waals surface area contributed by atoms with Crippen LogP contribution in [0.1, 0.15) is 47.9 Å². The third kappa shape index (κ3) is 4.84. The Morgan fingerprint density at radius 2 is 2.00 bits per heavy atom. The van der Waals surface area contributed by atoms with Gasteiger partial charge in [0.2, 0.25) is 15.2 Å². The molecule has 8 nitrogen and oxygen atoms in total. The predicted octanol–water partition coefficient (Wildman–Crippen LogP) is 5.44. The van der Waals surface area contributed by atoms with Crippen LogP contribution in [-0.4, -0.2) is 42.4 Å². The first-order valence-corrected chi connectivity index (χ1v) is 14.0. The standard InChI is InChI=1S/C26H26N4O4S2/c1-18-8-13-23-24(16-18)35-26(28-23)30(27-17-21-7-5-15-34-21)25(31)20-9-11-22(12-10-20)36(32,33)29-14-4-3-6-19(29)2/h5,7-13,15-17,19H,3-4,6,14H2,1-2H3/b27-17+. The Balaban J connectivity index is 1.47. The van der Waals surface area contributed by atoms with E-state index in [-0.39, 0.29) is 10.9 Å². The third-order valence-electron chi connectivity index (χ3n) is 6.20. The molecule has 0 N–H and O–H groups in total. The molecule has 2 aromatic heterocycles. The van der Waals surface area contributed by atoms with Crippen LogP contribution in [0.5, 0.6) is 0 Å². The molecule has 1 saturated heterocycles. The zero-order chi connectivity index (χ0) is 25.3. The summed E-state index contributed by atoms with van der Waals surface area (Å²) in [6.07, 6.45) is 5.70. The highest BCUT2D eigenvalue weighted by Gasteiger charge is 2.31. The zero-order valence-corrected chi connectivity index (χ0v) is 21.6. The second-order valence-corrected chi connectivity index (χ2v) is 11.7. The molecule has 1 amide bonds. The predicted molar refractivity (Wildman–Crippen MR) is 141 cm³/mol. The number of piperidine rings is 1. The zero-order valence-electron chi connectivity index (χ0n) is 20.0. The number of sulfonamides is 1. The molecule has 1 fully saturated rings. The number of carbonyl (C=O) groups excluding carboxylic acids is 1. The van der Waals surface area contributed by atoms with Crippen molar-refractivity contribution in [3.8, 4) is 0 Å². The summed E-state index contributed by atoms with van der Waals surface area (Å²) in [6.45, 7) is 4.44. The summed E-state index contributed by atoms with van der Waals surface area (Å²) in [5.41, 5.74) is 2.16. The number of hydrogen-bond donors (Lipinski definition) is 0. The van der Waals surface area contributed by atoms with E-state index in [1.807, 2.05) is 32.0 Å². The van der Waals surface area contributed by atoms with Crippen molar-refractivity contribution in [2.45, 2.75) is 44.0 Å². The van der Waals surface area contributed by atoms with E-state index in [0.717, 1.165) is 35.0 Å². The molecule has 1 atom stereocenters. The van der Waals surface area contributed by atoms with Gasteiger partial charge in [-0.25, -0.2) is 13.4 Å². The summed E-state index contributed by atoms with van der Waals surface area (Å²) in [4.78, 5) is 18.3. The van der Waals surface area contributed by atoms with E-state index >= 15 is 0 Å². The molecule has 1 aliphatic rings. The van der Waals surface area contributed by atoms with Crippen molar-refractivity contribution in [1.82, 2.24) is 9.29 Å². The molecule has 4 aromatic rings. The molecule has 1 unspecified atom stereocenters. The lowest BCUT2D eigenvalue weighted by Gasteiger charge is -2.32. The largest absolute Gasteiger partial charge is 0.463 e. The van der Waals surface area contributed by atoms with E-state index in [2.05, 4.69) is 10.1 Å². The number of aryl methyl sites for hydroxylation is 1. The highest BCUT2D eigenvalue weighted by molar-refractivity contribution is 7.89. The van der Waals surface area contributed by atoms with Crippen molar-refractivity contribution in [3.05, 3.63) is 77.7 Å². The van der Waals surface area contributed by atoms with Crippen LogP contribution < -0.4 is 5.01 Å². The topological polar surface area (TPSA) is 96.1 Å². The summed E-state index contributed by atoms with van der Waals surface area (Å²) >= 11 is 1.35. The second-order valence-electron chi connectivity index (χ2n) is 8.83. The number of anilines is 1. The number of hydrogen-bond acceptors (Lipinski definition) is 7. The number of furan rings is 1. The second kappa shape index (κ2) is 9.96. The fourth-order valence-corrected chi connectivity index (χ4v) is 6.95. The molecular weight excluding hydrogens is 496 g/mol. The van der Waals surface area contributed by atoms with Crippen molar-refractivity contribution in [2.75, 3.05) is 11.6 Å². The minimum absolute atomic E-state index is 0.0424. The summed E-state index contributed by atoms with van der Waals surface area (Å²) in [7, 11) is -3.63. The fraction of sp³-hybridized carbons (Fsp3) is 0.269. The molecule has 5 rings (SSSR count). The summed E-state index contributed by atoms with van der Waals surface area (Å²) < 4.78 is 34.2. The monoisotopic (exact) mass is 522 g/mol. The highest BCUT2D eigenvalue weighted by atomic mass is 32.2. The van der Waals surface area contributed by atoms with Crippen LogP contribution in [0.2, 0.25) is 0 Å². The van der Waals surface area contributed by atoms with Gasteiger partial charge < -0.3 is 4.42 Å². The van der Waals surface area contributed by atoms with Gasteiger partial charge in [0.25, 0.3) is 5.91 Å². The highest BCUT2D eigenvalue weighted by Crippen LogP contribution is 2.31. The van der Waals surface area contributed by atoms with Gasteiger partial charge in [0.15, 0.2) is 0 Å².